The van der Waals surface area contributed by atoms with Gasteiger partial charge in [-0.1, -0.05) is 38.8 Å². The number of ether oxygens (including phenoxy) is 2. The highest BCUT2D eigenvalue weighted by atomic mass is 19.1. The van der Waals surface area contributed by atoms with Gasteiger partial charge in [-0.15, -0.1) is 0 Å². The van der Waals surface area contributed by atoms with E-state index in [2.05, 4.69) is 4.98 Å². The maximum absolute atomic E-state index is 14.3. The Hall–Kier alpha value is -2.70. The summed E-state index contributed by atoms with van der Waals surface area (Å²) in [6.45, 7) is 4.55. The first kappa shape index (κ1) is 21.6. The van der Waals surface area contributed by atoms with Gasteiger partial charge in [-0.05, 0) is 25.0 Å². The summed E-state index contributed by atoms with van der Waals surface area (Å²) in [6.07, 6.45) is 6.07. The summed E-state index contributed by atoms with van der Waals surface area (Å²) in [6, 6.07) is 5.19. The van der Waals surface area contributed by atoms with Gasteiger partial charge >= 0.3 is 11.9 Å². The minimum Gasteiger partial charge on any atom is -0.466 e. The van der Waals surface area contributed by atoms with E-state index in [9.17, 15) is 14.0 Å². The molecule has 1 aromatic carbocycles. The molecule has 2 rings (SSSR count). The number of aromatic nitrogens is 2. The van der Waals surface area contributed by atoms with Gasteiger partial charge in [0.25, 0.3) is 0 Å². The quantitative estimate of drug-likeness (QED) is 0.422. The van der Waals surface area contributed by atoms with Crippen LogP contribution in [0.2, 0.25) is 0 Å². The highest BCUT2D eigenvalue weighted by Gasteiger charge is 2.28. The Bertz CT molecular complexity index is 775. The van der Waals surface area contributed by atoms with Gasteiger partial charge in [-0.2, -0.15) is 0 Å². The molecular formula is C21H27FN2O4. The third-order valence-electron chi connectivity index (χ3n) is 4.25. The summed E-state index contributed by atoms with van der Waals surface area (Å²) >= 11 is 0. The lowest BCUT2D eigenvalue weighted by atomic mass is 10.1. The van der Waals surface area contributed by atoms with Crippen LogP contribution in [0, 0.1) is 5.82 Å². The molecule has 7 heteroatoms. The summed E-state index contributed by atoms with van der Waals surface area (Å²) in [7, 11) is 0. The molecule has 152 valence electrons. The molecule has 0 aliphatic heterocycles. The Kier molecular flexibility index (Phi) is 8.65. The number of carbonyl (C=O) groups excluding carboxylic acids is 2. The number of hydrogen-bond donors (Lipinski definition) is 0. The van der Waals surface area contributed by atoms with Crippen LogP contribution in [0.25, 0.3) is 11.4 Å². The topological polar surface area (TPSA) is 70.4 Å². The second kappa shape index (κ2) is 11.2. The number of nitrogens with zero attached hydrogens (tertiary/aromatic N) is 2. The van der Waals surface area contributed by atoms with Gasteiger partial charge in [0.05, 0.1) is 25.2 Å². The first-order chi connectivity index (χ1) is 13.6. The first-order valence-electron chi connectivity index (χ1n) is 9.68. The number of halogens is 1. The van der Waals surface area contributed by atoms with Crippen molar-refractivity contribution in [3.05, 3.63) is 42.5 Å². The monoisotopic (exact) mass is 390 g/mol. The fourth-order valence-corrected chi connectivity index (χ4v) is 2.67. The maximum atomic E-state index is 14.3. The molecule has 0 amide bonds. The maximum Gasteiger partial charge on any atom is 0.329 e. The summed E-state index contributed by atoms with van der Waals surface area (Å²) < 4.78 is 26.3. The molecule has 1 aromatic heterocycles. The van der Waals surface area contributed by atoms with E-state index in [1.807, 2.05) is 13.8 Å². The Labute approximate surface area is 164 Å². The van der Waals surface area contributed by atoms with Crippen molar-refractivity contribution in [3.8, 4) is 11.4 Å². The molecular weight excluding hydrogens is 363 g/mol. The van der Waals surface area contributed by atoms with E-state index in [1.54, 1.807) is 24.4 Å². The number of unbranched alkanes of at least 4 members (excludes halogenated alkanes) is 2. The Morgan fingerprint density at radius 3 is 2.46 bits per heavy atom. The van der Waals surface area contributed by atoms with Crippen LogP contribution < -0.4 is 0 Å². The average molecular weight is 390 g/mol. The zero-order valence-corrected chi connectivity index (χ0v) is 16.4. The van der Waals surface area contributed by atoms with Crippen LogP contribution in [-0.4, -0.2) is 34.7 Å². The SMILES string of the molecule is CCCCOC(=O)CC(C(=O)OCCCC)n1ccnc1-c1ccccc1F. The van der Waals surface area contributed by atoms with Crippen molar-refractivity contribution in [2.75, 3.05) is 13.2 Å². The van der Waals surface area contributed by atoms with Crippen LogP contribution >= 0.6 is 0 Å². The minimum atomic E-state index is -0.969. The van der Waals surface area contributed by atoms with Crippen molar-refractivity contribution >= 4 is 11.9 Å². The molecule has 0 saturated heterocycles. The van der Waals surface area contributed by atoms with Crippen LogP contribution in [0.15, 0.2) is 36.7 Å². The molecule has 0 fully saturated rings. The van der Waals surface area contributed by atoms with Gasteiger partial charge in [-0.25, -0.2) is 14.2 Å². The molecule has 6 nitrogen and oxygen atoms in total. The third-order valence-corrected chi connectivity index (χ3v) is 4.25. The molecule has 0 spiro atoms. The summed E-state index contributed by atoms with van der Waals surface area (Å²) in [5.41, 5.74) is 0.248. The van der Waals surface area contributed by atoms with Crippen molar-refractivity contribution < 1.29 is 23.5 Å². The highest BCUT2D eigenvalue weighted by Crippen LogP contribution is 2.26. The van der Waals surface area contributed by atoms with Gasteiger partial charge in [0, 0.05) is 12.4 Å². The van der Waals surface area contributed by atoms with Crippen LogP contribution in [0.5, 0.6) is 0 Å². The fraction of sp³-hybridized carbons (Fsp3) is 0.476. The Morgan fingerprint density at radius 1 is 1.11 bits per heavy atom. The largest absolute Gasteiger partial charge is 0.466 e. The number of esters is 2. The van der Waals surface area contributed by atoms with Gasteiger partial charge in [0.15, 0.2) is 0 Å². The van der Waals surface area contributed by atoms with Crippen molar-refractivity contribution in [1.82, 2.24) is 9.55 Å². The molecule has 28 heavy (non-hydrogen) atoms. The fourth-order valence-electron chi connectivity index (χ4n) is 2.67. The molecule has 1 unspecified atom stereocenters. The van der Waals surface area contributed by atoms with Crippen LogP contribution in [0.3, 0.4) is 0 Å². The third kappa shape index (κ3) is 5.90. The molecule has 1 atom stereocenters. The molecule has 0 saturated carbocycles. The normalized spacial score (nSPS) is 11.8. The van der Waals surface area contributed by atoms with Crippen molar-refractivity contribution in [1.29, 1.82) is 0 Å². The molecule has 0 aliphatic rings. The van der Waals surface area contributed by atoms with Crippen LogP contribution in [0.4, 0.5) is 4.39 Å². The van der Waals surface area contributed by atoms with E-state index in [4.69, 9.17) is 9.47 Å². The summed E-state index contributed by atoms with van der Waals surface area (Å²) in [4.78, 5) is 29.1. The number of benzene rings is 1. The molecule has 1 heterocycles. The van der Waals surface area contributed by atoms with Gasteiger partial charge in [-0.3, -0.25) is 4.79 Å². The molecule has 0 radical (unpaired) electrons. The number of rotatable bonds is 11. The first-order valence-corrected chi connectivity index (χ1v) is 9.68. The van der Waals surface area contributed by atoms with Gasteiger partial charge in [0.1, 0.15) is 17.7 Å². The second-order valence-electron chi connectivity index (χ2n) is 6.45. The van der Waals surface area contributed by atoms with E-state index in [-0.39, 0.29) is 24.4 Å². The lowest BCUT2D eigenvalue weighted by Gasteiger charge is -2.19. The smallest absolute Gasteiger partial charge is 0.329 e. The van der Waals surface area contributed by atoms with E-state index in [0.717, 1.165) is 25.7 Å². The zero-order chi connectivity index (χ0) is 20.4. The van der Waals surface area contributed by atoms with Crippen LogP contribution in [-0.2, 0) is 19.1 Å². The average Bonchev–Trinajstić information content (AvgIpc) is 3.16. The number of carbonyl (C=O) groups is 2. The Balaban J connectivity index is 2.26. The lowest BCUT2D eigenvalue weighted by Crippen LogP contribution is -2.26. The number of hydrogen-bond acceptors (Lipinski definition) is 5. The van der Waals surface area contributed by atoms with E-state index in [0.29, 0.717) is 6.61 Å². The Morgan fingerprint density at radius 2 is 1.79 bits per heavy atom. The van der Waals surface area contributed by atoms with E-state index < -0.39 is 23.8 Å². The molecule has 0 bridgehead atoms. The van der Waals surface area contributed by atoms with Gasteiger partial charge in [0.2, 0.25) is 0 Å². The van der Waals surface area contributed by atoms with Crippen molar-refractivity contribution in [3.63, 3.8) is 0 Å². The van der Waals surface area contributed by atoms with Crippen molar-refractivity contribution in [2.45, 2.75) is 52.0 Å². The van der Waals surface area contributed by atoms with E-state index in [1.165, 1.54) is 16.8 Å². The summed E-state index contributed by atoms with van der Waals surface area (Å²) in [5, 5.41) is 0. The standard InChI is InChI=1S/C21H27FN2O4/c1-3-5-13-27-19(25)15-18(21(26)28-14-6-4-2)24-12-11-23-20(24)16-9-7-8-10-17(16)22/h7-12,18H,3-6,13-15H2,1-2H3. The van der Waals surface area contributed by atoms with Crippen LogP contribution in [0.1, 0.15) is 52.0 Å². The minimum absolute atomic E-state index is 0.202. The predicted octanol–water partition coefficient (Wildman–Crippen LogP) is 4.31. The predicted molar refractivity (Wildman–Crippen MR) is 103 cm³/mol. The van der Waals surface area contributed by atoms with E-state index >= 15 is 0 Å². The molecule has 0 aliphatic carbocycles. The van der Waals surface area contributed by atoms with Gasteiger partial charge < -0.3 is 14.0 Å². The second-order valence-corrected chi connectivity index (χ2v) is 6.45. The van der Waals surface area contributed by atoms with Crippen molar-refractivity contribution in [2.24, 2.45) is 0 Å². The molecule has 0 N–H and O–H groups in total. The molecule has 2 aromatic rings. The lowest BCUT2D eigenvalue weighted by molar-refractivity contribution is -0.154. The highest BCUT2D eigenvalue weighted by molar-refractivity contribution is 5.82. The number of imidazole rings is 1. The zero-order valence-electron chi connectivity index (χ0n) is 16.4. The summed E-state index contributed by atoms with van der Waals surface area (Å²) in [5.74, 6) is -1.26.